The van der Waals surface area contributed by atoms with Gasteiger partial charge in [-0.05, 0) is 35.3 Å². The van der Waals surface area contributed by atoms with Gasteiger partial charge in [-0.3, -0.25) is 19.7 Å². The van der Waals surface area contributed by atoms with Crippen LogP contribution < -0.4 is 0 Å². The first-order valence-corrected chi connectivity index (χ1v) is 4.37. The zero-order valence-electron chi connectivity index (χ0n) is 7.07. The van der Waals surface area contributed by atoms with Crippen LogP contribution in [-0.2, 0) is 0 Å². The molecule has 0 atom stereocenters. The summed E-state index contributed by atoms with van der Waals surface area (Å²) in [6.07, 6.45) is 0. The number of nitro benzene ring substituents is 1. The van der Waals surface area contributed by atoms with Gasteiger partial charge in [0.2, 0.25) is 0 Å². The highest BCUT2D eigenvalue weighted by Gasteiger charge is 2.20. The summed E-state index contributed by atoms with van der Waals surface area (Å²) in [6.45, 7) is 0. The summed E-state index contributed by atoms with van der Waals surface area (Å²) in [7, 11) is 0. The minimum absolute atomic E-state index is 0.0220. The van der Waals surface area contributed by atoms with Gasteiger partial charge < -0.3 is 0 Å². The Labute approximate surface area is 93.7 Å². The van der Waals surface area contributed by atoms with E-state index in [4.69, 9.17) is 23.2 Å². The summed E-state index contributed by atoms with van der Waals surface area (Å²) >= 11 is 10.3. The lowest BCUT2D eigenvalue weighted by atomic mass is 10.1. The lowest BCUT2D eigenvalue weighted by molar-refractivity contribution is -0.385. The topological polar surface area (TPSA) is 77.3 Å². The normalized spacial score (nSPS) is 9.73. The molecular formula is C8H3Cl2NO4. The van der Waals surface area contributed by atoms with Crippen LogP contribution in [0.5, 0.6) is 0 Å². The van der Waals surface area contributed by atoms with Gasteiger partial charge in [0.25, 0.3) is 16.2 Å². The second-order valence-electron chi connectivity index (χ2n) is 2.54. The van der Waals surface area contributed by atoms with Crippen molar-refractivity contribution in [2.45, 2.75) is 0 Å². The van der Waals surface area contributed by atoms with Gasteiger partial charge >= 0.3 is 0 Å². The number of hydrogen-bond donors (Lipinski definition) is 0. The Hall–Kier alpha value is -1.46. The maximum atomic E-state index is 10.9. The highest BCUT2D eigenvalue weighted by atomic mass is 35.5. The SMILES string of the molecule is O=C(Cl)c1ccc([N+](=O)[O-])c(C(=O)Cl)c1. The molecule has 0 N–H and O–H groups in total. The molecule has 1 rings (SSSR count). The third-order valence-corrected chi connectivity index (χ3v) is 2.05. The number of nitro groups is 1. The van der Waals surface area contributed by atoms with Crippen LogP contribution in [0.3, 0.4) is 0 Å². The molecule has 0 amide bonds. The highest BCUT2D eigenvalue weighted by Crippen LogP contribution is 2.22. The van der Waals surface area contributed by atoms with Crippen molar-refractivity contribution in [3.63, 3.8) is 0 Å². The van der Waals surface area contributed by atoms with E-state index >= 15 is 0 Å². The number of hydrogen-bond acceptors (Lipinski definition) is 4. The van der Waals surface area contributed by atoms with Crippen molar-refractivity contribution >= 4 is 39.4 Å². The van der Waals surface area contributed by atoms with E-state index in [1.54, 1.807) is 0 Å². The molecule has 15 heavy (non-hydrogen) atoms. The Morgan fingerprint density at radius 3 is 2.20 bits per heavy atom. The van der Waals surface area contributed by atoms with Crippen molar-refractivity contribution in [3.05, 3.63) is 39.4 Å². The fourth-order valence-electron chi connectivity index (χ4n) is 0.975. The average molecular weight is 248 g/mol. The summed E-state index contributed by atoms with van der Waals surface area (Å²) in [5.74, 6) is 0. The molecule has 0 spiro atoms. The van der Waals surface area contributed by atoms with Crippen molar-refractivity contribution in [2.24, 2.45) is 0 Å². The molecule has 1 aromatic carbocycles. The lowest BCUT2D eigenvalue weighted by Crippen LogP contribution is -2.01. The number of halogens is 2. The van der Waals surface area contributed by atoms with Crippen LogP contribution in [0.4, 0.5) is 5.69 Å². The maximum absolute atomic E-state index is 10.9. The molecule has 1 aromatic rings. The predicted molar refractivity (Wildman–Crippen MR) is 53.5 cm³/mol. The molecular weight excluding hydrogens is 245 g/mol. The summed E-state index contributed by atoms with van der Waals surface area (Å²) < 4.78 is 0. The van der Waals surface area contributed by atoms with Crippen LogP contribution in [0.2, 0.25) is 0 Å². The van der Waals surface area contributed by atoms with Gasteiger partial charge in [-0.25, -0.2) is 0 Å². The van der Waals surface area contributed by atoms with E-state index in [1.165, 1.54) is 0 Å². The van der Waals surface area contributed by atoms with Crippen LogP contribution in [0, 0.1) is 10.1 Å². The third kappa shape index (κ3) is 2.51. The predicted octanol–water partition coefficient (Wildman–Crippen LogP) is 2.35. The first-order chi connectivity index (χ1) is 6.93. The molecule has 0 aromatic heterocycles. The summed E-state index contributed by atoms with van der Waals surface area (Å²) in [5, 5.41) is 8.66. The van der Waals surface area contributed by atoms with Gasteiger partial charge in [-0.2, -0.15) is 0 Å². The van der Waals surface area contributed by atoms with E-state index in [1.807, 2.05) is 0 Å². The van der Waals surface area contributed by atoms with Crippen LogP contribution in [-0.4, -0.2) is 15.4 Å². The highest BCUT2D eigenvalue weighted by molar-refractivity contribution is 6.69. The number of carbonyl (C=O) groups is 2. The lowest BCUT2D eigenvalue weighted by Gasteiger charge is -1.99. The largest absolute Gasteiger partial charge is 0.281 e. The third-order valence-electron chi connectivity index (χ3n) is 1.63. The van der Waals surface area contributed by atoms with Gasteiger partial charge in [0, 0.05) is 11.6 Å². The molecule has 0 fully saturated rings. The second kappa shape index (κ2) is 4.37. The van der Waals surface area contributed by atoms with E-state index in [9.17, 15) is 19.7 Å². The molecule has 0 aliphatic rings. The Kier molecular flexibility index (Phi) is 3.39. The Morgan fingerprint density at radius 2 is 1.80 bits per heavy atom. The molecule has 78 valence electrons. The summed E-state index contributed by atoms with van der Waals surface area (Å²) in [4.78, 5) is 31.3. The van der Waals surface area contributed by atoms with Crippen LogP contribution >= 0.6 is 23.2 Å². The standard InChI is InChI=1S/C8H3Cl2NO4/c9-7(12)4-1-2-6(11(14)15)5(3-4)8(10)13/h1-3H. The van der Waals surface area contributed by atoms with Crippen molar-refractivity contribution in [1.82, 2.24) is 0 Å². The second-order valence-corrected chi connectivity index (χ2v) is 3.22. The average Bonchev–Trinajstić information content (AvgIpc) is 2.16. The monoisotopic (exact) mass is 247 g/mol. The molecule has 0 bridgehead atoms. The molecule has 0 aliphatic carbocycles. The van der Waals surface area contributed by atoms with Crippen molar-refractivity contribution in [2.75, 3.05) is 0 Å². The van der Waals surface area contributed by atoms with E-state index in [2.05, 4.69) is 0 Å². The Morgan fingerprint density at radius 1 is 1.20 bits per heavy atom. The zero-order chi connectivity index (χ0) is 11.6. The molecule has 0 heterocycles. The quantitative estimate of drug-likeness (QED) is 0.467. The van der Waals surface area contributed by atoms with Crippen molar-refractivity contribution in [3.8, 4) is 0 Å². The van der Waals surface area contributed by atoms with Gasteiger partial charge in [0.15, 0.2) is 0 Å². The van der Waals surface area contributed by atoms with Crippen molar-refractivity contribution < 1.29 is 14.5 Å². The molecule has 7 heteroatoms. The van der Waals surface area contributed by atoms with Gasteiger partial charge in [0.1, 0.15) is 5.56 Å². The molecule has 0 aliphatic heterocycles. The van der Waals surface area contributed by atoms with Gasteiger partial charge in [-0.15, -0.1) is 0 Å². The van der Waals surface area contributed by atoms with E-state index in [0.717, 1.165) is 18.2 Å². The molecule has 0 saturated heterocycles. The number of nitrogens with zero attached hydrogens (tertiary/aromatic N) is 1. The van der Waals surface area contributed by atoms with Crippen LogP contribution in [0.1, 0.15) is 20.7 Å². The first-order valence-electron chi connectivity index (χ1n) is 3.61. The smallest absolute Gasteiger partial charge is 0.276 e. The van der Waals surface area contributed by atoms with E-state index in [-0.39, 0.29) is 11.1 Å². The number of rotatable bonds is 3. The number of benzene rings is 1. The summed E-state index contributed by atoms with van der Waals surface area (Å²) in [6, 6.07) is 3.14. The van der Waals surface area contributed by atoms with E-state index < -0.39 is 21.1 Å². The van der Waals surface area contributed by atoms with Crippen LogP contribution in [0.25, 0.3) is 0 Å². The van der Waals surface area contributed by atoms with Gasteiger partial charge in [0.05, 0.1) is 4.92 Å². The minimum Gasteiger partial charge on any atom is -0.276 e. The minimum atomic E-state index is -1.01. The molecule has 0 saturated carbocycles. The Balaban J connectivity index is 3.40. The molecule has 0 radical (unpaired) electrons. The fourth-order valence-corrected chi connectivity index (χ4v) is 1.24. The van der Waals surface area contributed by atoms with Crippen molar-refractivity contribution in [1.29, 1.82) is 0 Å². The molecule has 5 nitrogen and oxygen atoms in total. The van der Waals surface area contributed by atoms with Gasteiger partial charge in [-0.1, -0.05) is 0 Å². The maximum Gasteiger partial charge on any atom is 0.281 e. The fraction of sp³-hybridized carbons (Fsp3) is 0. The van der Waals surface area contributed by atoms with Crippen LogP contribution in [0.15, 0.2) is 18.2 Å². The van der Waals surface area contributed by atoms with E-state index in [0.29, 0.717) is 0 Å². The molecule has 0 unspecified atom stereocenters. The zero-order valence-corrected chi connectivity index (χ0v) is 8.58. The number of carbonyl (C=O) groups excluding carboxylic acids is 2. The summed E-state index contributed by atoms with van der Waals surface area (Å²) in [5.41, 5.74) is -0.837. The first kappa shape index (κ1) is 11.6. The Bertz CT molecular complexity index is 458.